The molecule has 0 unspecified atom stereocenters. The van der Waals surface area contributed by atoms with E-state index in [9.17, 15) is 4.79 Å². The molecule has 1 aliphatic heterocycles. The molecule has 96 valence electrons. The third-order valence-corrected chi connectivity index (χ3v) is 4.40. The van der Waals surface area contributed by atoms with Crippen molar-refractivity contribution in [1.82, 2.24) is 0 Å². The number of anilines is 2. The van der Waals surface area contributed by atoms with Crippen LogP contribution in [0.3, 0.4) is 0 Å². The molecule has 1 aliphatic carbocycles. The van der Waals surface area contributed by atoms with Crippen LogP contribution >= 0.6 is 0 Å². The lowest BCUT2D eigenvalue weighted by Gasteiger charge is -2.36. The van der Waals surface area contributed by atoms with Crippen LogP contribution in [0, 0.1) is 5.41 Å². The Morgan fingerprint density at radius 2 is 1.89 bits per heavy atom. The van der Waals surface area contributed by atoms with E-state index in [1.165, 1.54) is 19.3 Å². The van der Waals surface area contributed by atoms with Crippen molar-refractivity contribution in [3.63, 3.8) is 0 Å². The standard InChI is InChI=1S/C15H20N2O/c1-17-11-15(9-5-2-6-10-15)14(18)16-12-7-3-4-8-13(12)17/h3-4,7-8H,2,5-6,9-11H2,1H3,(H,16,18). The van der Waals surface area contributed by atoms with Crippen molar-refractivity contribution < 1.29 is 4.79 Å². The van der Waals surface area contributed by atoms with E-state index in [-0.39, 0.29) is 11.3 Å². The smallest absolute Gasteiger partial charge is 0.232 e. The molecule has 1 saturated carbocycles. The molecule has 3 nitrogen and oxygen atoms in total. The largest absolute Gasteiger partial charge is 0.372 e. The van der Waals surface area contributed by atoms with Gasteiger partial charge in [0.05, 0.1) is 16.8 Å². The maximum Gasteiger partial charge on any atom is 0.232 e. The van der Waals surface area contributed by atoms with E-state index in [2.05, 4.69) is 23.3 Å². The zero-order valence-electron chi connectivity index (χ0n) is 10.9. The second-order valence-electron chi connectivity index (χ2n) is 5.67. The first-order valence-electron chi connectivity index (χ1n) is 6.83. The van der Waals surface area contributed by atoms with E-state index in [0.29, 0.717) is 0 Å². The van der Waals surface area contributed by atoms with Crippen LogP contribution < -0.4 is 10.2 Å². The van der Waals surface area contributed by atoms with Crippen LogP contribution in [0.1, 0.15) is 32.1 Å². The summed E-state index contributed by atoms with van der Waals surface area (Å²) in [6.07, 6.45) is 5.68. The zero-order valence-corrected chi connectivity index (χ0v) is 10.9. The lowest BCUT2D eigenvalue weighted by atomic mass is 9.73. The molecule has 0 aromatic heterocycles. The highest BCUT2D eigenvalue weighted by atomic mass is 16.2. The molecular weight excluding hydrogens is 224 g/mol. The van der Waals surface area contributed by atoms with Gasteiger partial charge in [-0.05, 0) is 25.0 Å². The Morgan fingerprint density at radius 3 is 2.67 bits per heavy atom. The van der Waals surface area contributed by atoms with Crippen LogP contribution in [0.5, 0.6) is 0 Å². The van der Waals surface area contributed by atoms with Crippen LogP contribution in [0.15, 0.2) is 24.3 Å². The molecule has 3 rings (SSSR count). The van der Waals surface area contributed by atoms with Crippen molar-refractivity contribution >= 4 is 17.3 Å². The summed E-state index contributed by atoms with van der Waals surface area (Å²) in [6, 6.07) is 8.08. The Kier molecular flexibility index (Phi) is 2.77. The minimum absolute atomic E-state index is 0.175. The van der Waals surface area contributed by atoms with Gasteiger partial charge in [-0.3, -0.25) is 4.79 Å². The molecule has 0 radical (unpaired) electrons. The first kappa shape index (κ1) is 11.6. The summed E-state index contributed by atoms with van der Waals surface area (Å²) in [4.78, 5) is 14.8. The quantitative estimate of drug-likeness (QED) is 0.761. The molecule has 0 bridgehead atoms. The maximum absolute atomic E-state index is 12.6. The zero-order chi connectivity index (χ0) is 12.6. The lowest BCUT2D eigenvalue weighted by Crippen LogP contribution is -2.44. The van der Waals surface area contributed by atoms with E-state index < -0.39 is 0 Å². The summed E-state index contributed by atoms with van der Waals surface area (Å²) in [5.74, 6) is 0.221. The van der Waals surface area contributed by atoms with E-state index in [0.717, 1.165) is 30.8 Å². The molecule has 1 aromatic rings. The average molecular weight is 244 g/mol. The molecule has 1 fully saturated rings. The molecule has 18 heavy (non-hydrogen) atoms. The lowest BCUT2D eigenvalue weighted by molar-refractivity contribution is -0.126. The summed E-state index contributed by atoms with van der Waals surface area (Å²) in [5.41, 5.74) is 1.91. The van der Waals surface area contributed by atoms with Gasteiger partial charge in [0, 0.05) is 13.6 Å². The molecule has 1 heterocycles. The SMILES string of the molecule is CN1CC2(CCCCC2)C(=O)Nc2ccccc21. The van der Waals surface area contributed by atoms with Gasteiger partial charge in [0.25, 0.3) is 0 Å². The predicted octanol–water partition coefficient (Wildman–Crippen LogP) is 3.03. The van der Waals surface area contributed by atoms with Crippen molar-refractivity contribution in [3.05, 3.63) is 24.3 Å². The topological polar surface area (TPSA) is 32.3 Å². The van der Waals surface area contributed by atoms with E-state index in [1.54, 1.807) is 0 Å². The predicted molar refractivity (Wildman–Crippen MR) is 73.9 cm³/mol. The molecule has 0 saturated heterocycles. The van der Waals surface area contributed by atoms with Gasteiger partial charge in [-0.2, -0.15) is 0 Å². The van der Waals surface area contributed by atoms with Gasteiger partial charge in [0.1, 0.15) is 0 Å². The van der Waals surface area contributed by atoms with Crippen molar-refractivity contribution in [3.8, 4) is 0 Å². The van der Waals surface area contributed by atoms with E-state index >= 15 is 0 Å². The summed E-state index contributed by atoms with van der Waals surface area (Å²) in [7, 11) is 2.09. The maximum atomic E-state index is 12.6. The third-order valence-electron chi connectivity index (χ3n) is 4.40. The van der Waals surface area contributed by atoms with Crippen molar-refractivity contribution in [1.29, 1.82) is 0 Å². The summed E-state index contributed by atoms with van der Waals surface area (Å²) < 4.78 is 0. The number of benzene rings is 1. The van der Waals surface area contributed by atoms with Crippen LogP contribution in [0.25, 0.3) is 0 Å². The van der Waals surface area contributed by atoms with Gasteiger partial charge in [-0.1, -0.05) is 31.4 Å². The Balaban J connectivity index is 1.98. The highest BCUT2D eigenvalue weighted by Crippen LogP contribution is 2.42. The molecule has 1 N–H and O–H groups in total. The monoisotopic (exact) mass is 244 g/mol. The number of hydrogen-bond acceptors (Lipinski definition) is 2. The number of nitrogens with zero attached hydrogens (tertiary/aromatic N) is 1. The van der Waals surface area contributed by atoms with Crippen LogP contribution in [-0.4, -0.2) is 19.5 Å². The highest BCUT2D eigenvalue weighted by Gasteiger charge is 2.42. The van der Waals surface area contributed by atoms with E-state index in [4.69, 9.17) is 0 Å². The second kappa shape index (κ2) is 4.30. The Hall–Kier alpha value is -1.51. The fourth-order valence-corrected chi connectivity index (χ4v) is 3.39. The van der Waals surface area contributed by atoms with Gasteiger partial charge in [-0.15, -0.1) is 0 Å². The first-order chi connectivity index (χ1) is 8.71. The number of hydrogen-bond donors (Lipinski definition) is 1. The molecule has 2 aliphatic rings. The molecule has 1 spiro atoms. The highest BCUT2D eigenvalue weighted by molar-refractivity contribution is 6.00. The average Bonchev–Trinajstić information content (AvgIpc) is 2.48. The number of para-hydroxylation sites is 2. The molecule has 1 amide bonds. The molecule has 1 aromatic carbocycles. The van der Waals surface area contributed by atoms with Crippen LogP contribution in [0.4, 0.5) is 11.4 Å². The summed E-state index contributed by atoms with van der Waals surface area (Å²) in [5, 5.41) is 3.13. The fourth-order valence-electron chi connectivity index (χ4n) is 3.39. The number of amides is 1. The summed E-state index contributed by atoms with van der Waals surface area (Å²) in [6.45, 7) is 0.843. The number of fused-ring (bicyclic) bond motifs is 1. The molecule has 3 heteroatoms. The number of carbonyl (C=O) groups is 1. The number of rotatable bonds is 0. The van der Waals surface area contributed by atoms with Crippen molar-refractivity contribution in [2.75, 3.05) is 23.8 Å². The Labute approximate surface area is 108 Å². The normalized spacial score (nSPS) is 22.3. The van der Waals surface area contributed by atoms with Crippen LogP contribution in [0.2, 0.25) is 0 Å². The van der Waals surface area contributed by atoms with Gasteiger partial charge >= 0.3 is 0 Å². The van der Waals surface area contributed by atoms with Crippen molar-refractivity contribution in [2.45, 2.75) is 32.1 Å². The number of carbonyl (C=O) groups excluding carboxylic acids is 1. The Bertz CT molecular complexity index is 463. The summed E-state index contributed by atoms with van der Waals surface area (Å²) >= 11 is 0. The van der Waals surface area contributed by atoms with E-state index in [1.807, 2.05) is 18.2 Å². The van der Waals surface area contributed by atoms with Gasteiger partial charge in [0.2, 0.25) is 5.91 Å². The fraction of sp³-hybridized carbons (Fsp3) is 0.533. The minimum atomic E-state index is -0.175. The van der Waals surface area contributed by atoms with Gasteiger partial charge in [0.15, 0.2) is 0 Å². The Morgan fingerprint density at radius 1 is 1.17 bits per heavy atom. The minimum Gasteiger partial charge on any atom is -0.372 e. The van der Waals surface area contributed by atoms with Crippen molar-refractivity contribution in [2.24, 2.45) is 5.41 Å². The van der Waals surface area contributed by atoms with Gasteiger partial charge < -0.3 is 10.2 Å². The molecular formula is C15H20N2O. The third kappa shape index (κ3) is 1.78. The molecule has 0 atom stereocenters. The number of nitrogens with one attached hydrogen (secondary N) is 1. The van der Waals surface area contributed by atoms with Gasteiger partial charge in [-0.25, -0.2) is 0 Å². The van der Waals surface area contributed by atoms with Crippen LogP contribution in [-0.2, 0) is 4.79 Å². The first-order valence-corrected chi connectivity index (χ1v) is 6.83. The second-order valence-corrected chi connectivity index (χ2v) is 5.67.